The molecule has 0 spiro atoms. The number of nitrogens with zero attached hydrogens (tertiary/aromatic N) is 2. The zero-order chi connectivity index (χ0) is 13.2. The van der Waals surface area contributed by atoms with Crippen molar-refractivity contribution in [2.24, 2.45) is 0 Å². The predicted molar refractivity (Wildman–Crippen MR) is 74.9 cm³/mol. The minimum absolute atomic E-state index is 0.207. The fourth-order valence-corrected chi connectivity index (χ4v) is 3.52. The van der Waals surface area contributed by atoms with E-state index in [2.05, 4.69) is 9.97 Å². The smallest absolute Gasteiger partial charge is 0.338 e. The lowest BCUT2D eigenvalue weighted by Crippen LogP contribution is -2.00. The SMILES string of the molecule is O=C(O)c1cnc2ccccc2c1Sc1nccs1. The second-order valence-electron chi connectivity index (χ2n) is 3.72. The van der Waals surface area contributed by atoms with Crippen LogP contribution in [0.4, 0.5) is 0 Å². The highest BCUT2D eigenvalue weighted by atomic mass is 32.2. The number of thiazole rings is 1. The molecule has 0 unspecified atom stereocenters. The van der Waals surface area contributed by atoms with Crippen LogP contribution in [0.25, 0.3) is 10.9 Å². The van der Waals surface area contributed by atoms with E-state index < -0.39 is 5.97 Å². The summed E-state index contributed by atoms with van der Waals surface area (Å²) in [7, 11) is 0. The number of carboxylic acids is 1. The lowest BCUT2D eigenvalue weighted by atomic mass is 10.1. The van der Waals surface area contributed by atoms with Gasteiger partial charge in [-0.25, -0.2) is 9.78 Å². The van der Waals surface area contributed by atoms with Crippen molar-refractivity contribution < 1.29 is 9.90 Å². The molecule has 3 rings (SSSR count). The van der Waals surface area contributed by atoms with E-state index in [1.807, 2.05) is 29.6 Å². The van der Waals surface area contributed by atoms with E-state index in [1.165, 1.54) is 29.3 Å². The molecule has 0 saturated heterocycles. The Labute approximate surface area is 117 Å². The summed E-state index contributed by atoms with van der Waals surface area (Å²) in [4.78, 5) is 20.4. The van der Waals surface area contributed by atoms with Crippen LogP contribution in [0.3, 0.4) is 0 Å². The van der Waals surface area contributed by atoms with Gasteiger partial charge in [0.15, 0.2) is 4.34 Å². The molecule has 0 atom stereocenters. The summed E-state index contributed by atoms with van der Waals surface area (Å²) in [6.07, 6.45) is 3.11. The van der Waals surface area contributed by atoms with Crippen molar-refractivity contribution in [3.63, 3.8) is 0 Å². The summed E-state index contributed by atoms with van der Waals surface area (Å²) >= 11 is 2.85. The van der Waals surface area contributed by atoms with Gasteiger partial charge in [-0.1, -0.05) is 30.0 Å². The van der Waals surface area contributed by atoms with Gasteiger partial charge in [0.2, 0.25) is 0 Å². The number of carboxylic acid groups (broad SMARTS) is 1. The fourth-order valence-electron chi connectivity index (χ4n) is 1.73. The van der Waals surface area contributed by atoms with Crippen molar-refractivity contribution in [1.82, 2.24) is 9.97 Å². The topological polar surface area (TPSA) is 63.1 Å². The van der Waals surface area contributed by atoms with E-state index in [9.17, 15) is 9.90 Å². The minimum atomic E-state index is -0.975. The van der Waals surface area contributed by atoms with E-state index in [0.717, 1.165) is 15.2 Å². The maximum Gasteiger partial charge on any atom is 0.338 e. The molecule has 0 aliphatic rings. The predicted octanol–water partition coefficient (Wildman–Crippen LogP) is 3.54. The monoisotopic (exact) mass is 288 g/mol. The molecule has 2 heterocycles. The quantitative estimate of drug-likeness (QED) is 0.798. The molecule has 4 nitrogen and oxygen atoms in total. The van der Waals surface area contributed by atoms with Crippen LogP contribution >= 0.6 is 23.1 Å². The molecule has 19 heavy (non-hydrogen) atoms. The summed E-state index contributed by atoms with van der Waals surface area (Å²) in [5, 5.41) is 12.0. The molecule has 1 aromatic carbocycles. The molecule has 0 saturated carbocycles. The number of hydrogen-bond acceptors (Lipinski definition) is 5. The Morgan fingerprint density at radius 1 is 1.26 bits per heavy atom. The number of aromatic nitrogens is 2. The second kappa shape index (κ2) is 4.99. The second-order valence-corrected chi connectivity index (χ2v) is 5.88. The normalized spacial score (nSPS) is 10.7. The van der Waals surface area contributed by atoms with E-state index in [0.29, 0.717) is 4.90 Å². The molecule has 0 amide bonds. The van der Waals surface area contributed by atoms with Crippen LogP contribution in [-0.2, 0) is 0 Å². The number of pyridine rings is 1. The van der Waals surface area contributed by atoms with Crippen LogP contribution in [0.1, 0.15) is 10.4 Å². The Hall–Kier alpha value is -1.92. The molecular weight excluding hydrogens is 280 g/mol. The van der Waals surface area contributed by atoms with Gasteiger partial charge in [-0.2, -0.15) is 0 Å². The summed E-state index contributed by atoms with van der Waals surface area (Å²) in [6.45, 7) is 0. The Morgan fingerprint density at radius 3 is 2.84 bits per heavy atom. The largest absolute Gasteiger partial charge is 0.478 e. The number of benzene rings is 1. The number of hydrogen-bond donors (Lipinski definition) is 1. The van der Waals surface area contributed by atoms with Crippen LogP contribution in [0.5, 0.6) is 0 Å². The summed E-state index contributed by atoms with van der Waals surface area (Å²) < 4.78 is 0.818. The first-order valence-electron chi connectivity index (χ1n) is 5.44. The maximum atomic E-state index is 11.3. The number of carbonyl (C=O) groups is 1. The van der Waals surface area contributed by atoms with Gasteiger partial charge in [0.25, 0.3) is 0 Å². The molecular formula is C13H8N2O2S2. The van der Waals surface area contributed by atoms with Gasteiger partial charge in [0, 0.05) is 28.1 Å². The third kappa shape index (κ3) is 2.32. The Balaban J connectivity index is 2.22. The van der Waals surface area contributed by atoms with Crippen molar-refractivity contribution in [1.29, 1.82) is 0 Å². The highest BCUT2D eigenvalue weighted by molar-refractivity contribution is 8.01. The number of para-hydroxylation sites is 1. The van der Waals surface area contributed by atoms with Gasteiger partial charge in [-0.15, -0.1) is 11.3 Å². The molecule has 94 valence electrons. The van der Waals surface area contributed by atoms with Gasteiger partial charge in [-0.3, -0.25) is 4.98 Å². The molecule has 0 radical (unpaired) electrons. The first-order chi connectivity index (χ1) is 9.25. The van der Waals surface area contributed by atoms with Crippen LogP contribution in [0.2, 0.25) is 0 Å². The average molecular weight is 288 g/mol. The molecule has 3 aromatic rings. The van der Waals surface area contributed by atoms with E-state index in [4.69, 9.17) is 0 Å². The van der Waals surface area contributed by atoms with Gasteiger partial charge in [0.05, 0.1) is 11.1 Å². The van der Waals surface area contributed by atoms with Gasteiger partial charge in [-0.05, 0) is 6.07 Å². The first kappa shape index (κ1) is 12.1. The van der Waals surface area contributed by atoms with Crippen LogP contribution in [-0.4, -0.2) is 21.0 Å². The molecule has 0 aliphatic heterocycles. The molecule has 0 fully saturated rings. The fraction of sp³-hybridized carbons (Fsp3) is 0. The van der Waals surface area contributed by atoms with Crippen molar-refractivity contribution in [2.75, 3.05) is 0 Å². The average Bonchev–Trinajstić information content (AvgIpc) is 2.92. The first-order valence-corrected chi connectivity index (χ1v) is 7.13. The van der Waals surface area contributed by atoms with E-state index >= 15 is 0 Å². The number of fused-ring (bicyclic) bond motifs is 1. The molecule has 0 aliphatic carbocycles. The van der Waals surface area contributed by atoms with E-state index in [1.54, 1.807) is 6.20 Å². The highest BCUT2D eigenvalue weighted by Gasteiger charge is 2.16. The van der Waals surface area contributed by atoms with Crippen LogP contribution in [0, 0.1) is 0 Å². The maximum absolute atomic E-state index is 11.3. The van der Waals surface area contributed by atoms with Crippen molar-refractivity contribution in [3.8, 4) is 0 Å². The van der Waals surface area contributed by atoms with Crippen LogP contribution in [0.15, 0.2) is 51.3 Å². The van der Waals surface area contributed by atoms with Crippen LogP contribution < -0.4 is 0 Å². The summed E-state index contributed by atoms with van der Waals surface area (Å²) in [6, 6.07) is 7.51. The minimum Gasteiger partial charge on any atom is -0.478 e. The highest BCUT2D eigenvalue weighted by Crippen LogP contribution is 2.36. The van der Waals surface area contributed by atoms with Crippen molar-refractivity contribution in [3.05, 3.63) is 47.6 Å². The Morgan fingerprint density at radius 2 is 2.11 bits per heavy atom. The molecule has 1 N–H and O–H groups in total. The van der Waals surface area contributed by atoms with E-state index in [-0.39, 0.29) is 5.56 Å². The van der Waals surface area contributed by atoms with Gasteiger partial charge >= 0.3 is 5.97 Å². The Bertz CT molecular complexity index is 741. The molecule has 2 aromatic heterocycles. The molecule has 6 heteroatoms. The lowest BCUT2D eigenvalue weighted by Gasteiger charge is -2.07. The van der Waals surface area contributed by atoms with Crippen molar-refractivity contribution in [2.45, 2.75) is 9.24 Å². The Kier molecular flexibility index (Phi) is 3.18. The lowest BCUT2D eigenvalue weighted by molar-refractivity contribution is 0.0693. The number of rotatable bonds is 3. The van der Waals surface area contributed by atoms with Crippen molar-refractivity contribution >= 4 is 40.0 Å². The zero-order valence-corrected chi connectivity index (χ0v) is 11.2. The van der Waals surface area contributed by atoms with Gasteiger partial charge < -0.3 is 5.11 Å². The summed E-state index contributed by atoms with van der Waals surface area (Å²) in [5.41, 5.74) is 0.991. The zero-order valence-electron chi connectivity index (χ0n) is 9.61. The third-order valence-electron chi connectivity index (χ3n) is 2.56. The molecule has 0 bridgehead atoms. The van der Waals surface area contributed by atoms with Gasteiger partial charge in [0.1, 0.15) is 0 Å². The third-order valence-corrected chi connectivity index (χ3v) is 4.58. The standard InChI is InChI=1S/C13H8N2O2S2/c16-12(17)9-7-15-10-4-2-1-3-8(10)11(9)19-13-14-5-6-18-13/h1-7H,(H,16,17). The number of aromatic carboxylic acids is 1. The summed E-state index contributed by atoms with van der Waals surface area (Å²) in [5.74, 6) is -0.975.